The molecule has 0 aliphatic heterocycles. The van der Waals surface area contributed by atoms with Crippen LogP contribution in [0.15, 0.2) is 728 Å². The van der Waals surface area contributed by atoms with Gasteiger partial charge in [-0.1, -0.05) is 728 Å². The molecule has 0 amide bonds. The van der Waals surface area contributed by atoms with Gasteiger partial charge in [0.1, 0.15) is 0 Å². The van der Waals surface area contributed by atoms with Crippen molar-refractivity contribution in [3.63, 3.8) is 0 Å². The van der Waals surface area contributed by atoms with Crippen molar-refractivity contribution in [3.8, 4) is 0 Å². The molecular formula is C120H122O. The van der Waals surface area contributed by atoms with Crippen molar-refractivity contribution in [3.05, 3.63) is 728 Å². The number of benzene rings is 20. The lowest BCUT2D eigenvalue weighted by atomic mass is 10.4. The van der Waals surface area contributed by atoms with E-state index < -0.39 is 0 Å². The summed E-state index contributed by atoms with van der Waals surface area (Å²) in [5.74, 6) is 0. The van der Waals surface area contributed by atoms with E-state index in [0.717, 1.165) is 0 Å². The Morgan fingerprint density at radius 1 is 0.0248 bits per heavy atom. The van der Waals surface area contributed by atoms with Crippen molar-refractivity contribution in [1.29, 1.82) is 0 Å². The van der Waals surface area contributed by atoms with Crippen LogP contribution in [0.25, 0.3) is 0 Å². The minimum atomic E-state index is 0. The normalized spacial score (nSPS) is 7.93. The van der Waals surface area contributed by atoms with Crippen molar-refractivity contribution in [1.82, 2.24) is 0 Å². The van der Waals surface area contributed by atoms with E-state index >= 15 is 0 Å². The van der Waals surface area contributed by atoms with Crippen LogP contribution in [0.1, 0.15) is 0 Å². The van der Waals surface area contributed by atoms with Crippen molar-refractivity contribution in [2.24, 2.45) is 0 Å². The maximum absolute atomic E-state index is 2.00. The first-order chi connectivity index (χ1) is 60.0. The van der Waals surface area contributed by atoms with Gasteiger partial charge < -0.3 is 5.48 Å². The van der Waals surface area contributed by atoms with Gasteiger partial charge in [-0.05, 0) is 0 Å². The van der Waals surface area contributed by atoms with Crippen molar-refractivity contribution >= 4 is 0 Å². The summed E-state index contributed by atoms with van der Waals surface area (Å²) >= 11 is 0. The Morgan fingerprint density at radius 3 is 0.0413 bits per heavy atom. The molecule has 0 saturated heterocycles. The van der Waals surface area contributed by atoms with Gasteiger partial charge in [-0.25, -0.2) is 0 Å². The van der Waals surface area contributed by atoms with E-state index in [2.05, 4.69) is 0 Å². The highest BCUT2D eigenvalue weighted by molar-refractivity contribution is 5.10. The fourth-order valence-electron chi connectivity index (χ4n) is 7.70. The van der Waals surface area contributed by atoms with Gasteiger partial charge in [0.15, 0.2) is 0 Å². The molecule has 20 rings (SSSR count). The van der Waals surface area contributed by atoms with Gasteiger partial charge in [-0.2, -0.15) is 0 Å². The zero-order chi connectivity index (χ0) is 84.9. The first kappa shape index (κ1) is 105. The Kier molecular flexibility index (Phi) is 89.1. The molecule has 0 heterocycles. The van der Waals surface area contributed by atoms with E-state index in [4.69, 9.17) is 0 Å². The van der Waals surface area contributed by atoms with Gasteiger partial charge in [0.2, 0.25) is 0 Å². The predicted molar refractivity (Wildman–Crippen MR) is 532 cm³/mol. The first-order valence-corrected chi connectivity index (χ1v) is 40.0. The minimum absolute atomic E-state index is 0. The molecule has 0 bridgehead atoms. The van der Waals surface area contributed by atoms with Gasteiger partial charge in [0.25, 0.3) is 0 Å². The summed E-state index contributed by atoms with van der Waals surface area (Å²) in [4.78, 5) is 0. The minimum Gasteiger partial charge on any atom is -0.412 e. The average molecular weight is 1580 g/mol. The van der Waals surface area contributed by atoms with Gasteiger partial charge in [-0.15, -0.1) is 0 Å². The number of rotatable bonds is 0. The Labute approximate surface area is 728 Å². The number of hydrogen-bond acceptors (Lipinski definition) is 0. The quantitative estimate of drug-likeness (QED) is 0.145. The first-order valence-electron chi connectivity index (χ1n) is 40.0. The average Bonchev–Trinajstić information content (AvgIpc) is 3.91. The van der Waals surface area contributed by atoms with Crippen LogP contribution in [0.3, 0.4) is 0 Å². The lowest BCUT2D eigenvalue weighted by Gasteiger charge is -1.69. The van der Waals surface area contributed by atoms with Gasteiger partial charge in [0, 0.05) is 0 Å². The molecule has 0 fully saturated rings. The molecule has 0 atom stereocenters. The van der Waals surface area contributed by atoms with E-state index in [1.807, 2.05) is 728 Å². The van der Waals surface area contributed by atoms with Crippen molar-refractivity contribution in [2.45, 2.75) is 0 Å². The molecule has 0 radical (unpaired) electrons. The summed E-state index contributed by atoms with van der Waals surface area (Å²) in [5.41, 5.74) is 0. The fourth-order valence-corrected chi connectivity index (χ4v) is 7.70. The van der Waals surface area contributed by atoms with Gasteiger partial charge >= 0.3 is 0 Å². The Hall–Kier alpha value is -15.6. The van der Waals surface area contributed by atoms with Gasteiger partial charge in [-0.3, -0.25) is 0 Å². The summed E-state index contributed by atoms with van der Waals surface area (Å²) in [6.07, 6.45) is 0. The molecule has 0 unspecified atom stereocenters. The summed E-state index contributed by atoms with van der Waals surface area (Å²) in [6.45, 7) is 0. The maximum atomic E-state index is 2.00. The second-order valence-corrected chi connectivity index (χ2v) is 23.1. The van der Waals surface area contributed by atoms with E-state index in [9.17, 15) is 0 Å². The molecule has 2 N–H and O–H groups in total. The van der Waals surface area contributed by atoms with Crippen LogP contribution >= 0.6 is 0 Å². The molecule has 1 nitrogen and oxygen atoms in total. The third kappa shape index (κ3) is 100. The molecule has 121 heavy (non-hydrogen) atoms. The summed E-state index contributed by atoms with van der Waals surface area (Å²) in [5, 5.41) is 0. The highest BCUT2D eigenvalue weighted by atomic mass is 16.0. The summed E-state index contributed by atoms with van der Waals surface area (Å²) in [6, 6.07) is 240. The third-order valence-corrected chi connectivity index (χ3v) is 13.3. The molecule has 608 valence electrons. The number of hydrogen-bond donors (Lipinski definition) is 0. The largest absolute Gasteiger partial charge is 0.412 e. The van der Waals surface area contributed by atoms with Crippen LogP contribution in [-0.4, -0.2) is 5.48 Å². The second-order valence-electron chi connectivity index (χ2n) is 23.1. The Balaban J connectivity index is 0.00000125. The fraction of sp³-hybridized carbons (Fsp3) is 0. The molecule has 0 aliphatic rings. The maximum Gasteiger partial charge on any atom is -0.0623 e. The monoisotopic (exact) mass is 1580 g/mol. The zero-order valence-electron chi connectivity index (χ0n) is 69.8. The van der Waals surface area contributed by atoms with E-state index in [-0.39, 0.29) is 5.48 Å². The van der Waals surface area contributed by atoms with Crippen LogP contribution in [0.5, 0.6) is 0 Å². The predicted octanol–water partition coefficient (Wildman–Crippen LogP) is 32.9. The molecule has 0 saturated carbocycles. The van der Waals surface area contributed by atoms with E-state index in [1.54, 1.807) is 0 Å². The molecular weight excluding hydrogens is 1460 g/mol. The van der Waals surface area contributed by atoms with Crippen molar-refractivity contribution in [2.75, 3.05) is 0 Å². The smallest absolute Gasteiger partial charge is 0.0623 e. The molecule has 0 aromatic heterocycles. The second kappa shape index (κ2) is 102. The lowest BCUT2D eigenvalue weighted by molar-refractivity contribution is 0.824. The lowest BCUT2D eigenvalue weighted by Crippen LogP contribution is -1.47. The van der Waals surface area contributed by atoms with Crippen LogP contribution < -0.4 is 0 Å². The van der Waals surface area contributed by atoms with E-state index in [0.29, 0.717) is 0 Å². The third-order valence-electron chi connectivity index (χ3n) is 13.3. The van der Waals surface area contributed by atoms with E-state index in [1.165, 1.54) is 0 Å². The molecule has 0 spiro atoms. The van der Waals surface area contributed by atoms with Crippen LogP contribution in [0, 0.1) is 0 Å². The topological polar surface area (TPSA) is 31.5 Å². The highest BCUT2D eigenvalue weighted by Crippen LogP contribution is 1.91. The molecule has 1 heteroatoms. The highest BCUT2D eigenvalue weighted by Gasteiger charge is 1.69. The standard InChI is InChI=1S/20C6H6.H2O/c20*1-2-4-6-5-3-1;/h20*1-6H;1H2. The molecule has 0 aliphatic carbocycles. The summed E-state index contributed by atoms with van der Waals surface area (Å²) in [7, 11) is 0. The Morgan fingerprint density at radius 2 is 0.0331 bits per heavy atom. The van der Waals surface area contributed by atoms with Crippen LogP contribution in [-0.2, 0) is 0 Å². The Bertz CT molecular complexity index is 2810. The molecule has 20 aromatic rings. The summed E-state index contributed by atoms with van der Waals surface area (Å²) < 4.78 is 0. The van der Waals surface area contributed by atoms with Gasteiger partial charge in [0.05, 0.1) is 0 Å². The van der Waals surface area contributed by atoms with Crippen molar-refractivity contribution < 1.29 is 5.48 Å². The van der Waals surface area contributed by atoms with Crippen LogP contribution in [0.2, 0.25) is 0 Å². The molecule has 20 aromatic carbocycles. The van der Waals surface area contributed by atoms with Crippen LogP contribution in [0.4, 0.5) is 0 Å². The zero-order valence-corrected chi connectivity index (χ0v) is 69.8. The SMILES string of the molecule is O.c1ccccc1.c1ccccc1.c1ccccc1.c1ccccc1.c1ccccc1.c1ccccc1.c1ccccc1.c1ccccc1.c1ccccc1.c1ccccc1.c1ccccc1.c1ccccc1.c1ccccc1.c1ccccc1.c1ccccc1.c1ccccc1.c1ccccc1.c1ccccc1.c1ccccc1.c1ccccc1.